The predicted octanol–water partition coefficient (Wildman–Crippen LogP) is 5.11. The van der Waals surface area contributed by atoms with Gasteiger partial charge in [0.1, 0.15) is 25.0 Å². The van der Waals surface area contributed by atoms with Crippen LogP contribution in [0.25, 0.3) is 0 Å². The van der Waals surface area contributed by atoms with E-state index in [0.29, 0.717) is 12.3 Å². The number of rotatable bonds is 6. The lowest BCUT2D eigenvalue weighted by Gasteiger charge is -2.19. The van der Waals surface area contributed by atoms with E-state index in [1.54, 1.807) is 11.8 Å². The second kappa shape index (κ2) is 9.58. The van der Waals surface area contributed by atoms with Gasteiger partial charge in [-0.05, 0) is 47.6 Å². The van der Waals surface area contributed by atoms with E-state index >= 15 is 0 Å². The van der Waals surface area contributed by atoms with Gasteiger partial charge in [0, 0.05) is 16.1 Å². The average molecular weight is 424 g/mol. The van der Waals surface area contributed by atoms with Crippen LogP contribution in [0.5, 0.6) is 5.75 Å². The first kappa shape index (κ1) is 21.6. The fraction of sp³-hybridized carbons (Fsp3) is 0.273. The Balaban J connectivity index is 1.71. The van der Waals surface area contributed by atoms with Gasteiger partial charge in [-0.2, -0.15) is 0 Å². The van der Waals surface area contributed by atoms with Crippen molar-refractivity contribution in [3.63, 3.8) is 0 Å². The second-order valence-corrected chi connectivity index (χ2v) is 8.51. The van der Waals surface area contributed by atoms with E-state index in [-0.39, 0.29) is 11.4 Å². The first-order chi connectivity index (χ1) is 14.3. The van der Waals surface area contributed by atoms with E-state index < -0.39 is 6.03 Å². The number of benzene rings is 2. The standard InChI is InChI=1S/C22H25N5O2S/c1-22(2,3)16-5-7-17(8-6-16)29-12-15-11-18(30-4)9-10-19(15)26-21(28)27-20-24-13-23-14-25-20/h5-11,13-14H,12H2,1-4H3,(H2,23,24,25,26,27,28). The Kier molecular flexibility index (Phi) is 6.89. The first-order valence-corrected chi connectivity index (χ1v) is 10.7. The van der Waals surface area contributed by atoms with Gasteiger partial charge < -0.3 is 10.1 Å². The summed E-state index contributed by atoms with van der Waals surface area (Å²) < 4.78 is 5.99. The molecule has 0 unspecified atom stereocenters. The summed E-state index contributed by atoms with van der Waals surface area (Å²) in [4.78, 5) is 24.9. The molecule has 8 heteroatoms. The minimum atomic E-state index is -0.436. The van der Waals surface area contributed by atoms with Crippen molar-refractivity contribution in [1.29, 1.82) is 0 Å². The van der Waals surface area contributed by atoms with E-state index in [1.165, 1.54) is 18.2 Å². The highest BCUT2D eigenvalue weighted by atomic mass is 32.2. The number of hydrogen-bond acceptors (Lipinski definition) is 6. The Morgan fingerprint density at radius 2 is 1.73 bits per heavy atom. The van der Waals surface area contributed by atoms with Crippen LogP contribution in [0.15, 0.2) is 60.0 Å². The molecule has 0 atom stereocenters. The molecule has 0 aliphatic rings. The second-order valence-electron chi connectivity index (χ2n) is 7.63. The third-order valence-electron chi connectivity index (χ3n) is 4.39. The molecule has 0 saturated heterocycles. The van der Waals surface area contributed by atoms with Gasteiger partial charge in [-0.1, -0.05) is 32.9 Å². The van der Waals surface area contributed by atoms with Crippen LogP contribution in [-0.2, 0) is 12.0 Å². The lowest BCUT2D eigenvalue weighted by molar-refractivity contribution is 0.262. The van der Waals surface area contributed by atoms with Crippen molar-refractivity contribution < 1.29 is 9.53 Å². The van der Waals surface area contributed by atoms with Crippen LogP contribution < -0.4 is 15.4 Å². The molecular weight excluding hydrogens is 398 g/mol. The maximum Gasteiger partial charge on any atom is 0.326 e. The molecule has 2 N–H and O–H groups in total. The Labute approximate surface area is 180 Å². The SMILES string of the molecule is CSc1ccc(NC(=O)Nc2ncncn2)c(COc2ccc(C(C)(C)C)cc2)c1. The minimum absolute atomic E-state index is 0.0915. The summed E-state index contributed by atoms with van der Waals surface area (Å²) in [6.07, 6.45) is 4.64. The van der Waals surface area contributed by atoms with Crippen molar-refractivity contribution in [3.05, 3.63) is 66.2 Å². The summed E-state index contributed by atoms with van der Waals surface area (Å²) in [6.45, 7) is 6.86. The van der Waals surface area contributed by atoms with Crippen LogP contribution in [0.3, 0.4) is 0 Å². The molecule has 0 aliphatic heterocycles. The zero-order valence-electron chi connectivity index (χ0n) is 17.5. The predicted molar refractivity (Wildman–Crippen MR) is 120 cm³/mol. The Bertz CT molecular complexity index is 989. The van der Waals surface area contributed by atoms with Crippen molar-refractivity contribution in [1.82, 2.24) is 15.0 Å². The number of nitrogens with one attached hydrogen (secondary N) is 2. The largest absolute Gasteiger partial charge is 0.489 e. The Morgan fingerprint density at radius 1 is 1.03 bits per heavy atom. The number of hydrogen-bond donors (Lipinski definition) is 2. The molecule has 2 aromatic carbocycles. The maximum atomic E-state index is 12.3. The Morgan fingerprint density at radius 3 is 2.37 bits per heavy atom. The number of urea groups is 1. The topological polar surface area (TPSA) is 89.0 Å². The third-order valence-corrected chi connectivity index (χ3v) is 5.12. The van der Waals surface area contributed by atoms with Crippen LogP contribution in [0.1, 0.15) is 31.9 Å². The van der Waals surface area contributed by atoms with Gasteiger partial charge >= 0.3 is 6.03 Å². The number of amides is 2. The molecule has 0 bridgehead atoms. The van der Waals surface area contributed by atoms with E-state index in [0.717, 1.165) is 16.2 Å². The van der Waals surface area contributed by atoms with Crippen LogP contribution in [-0.4, -0.2) is 27.2 Å². The molecule has 0 saturated carbocycles. The third kappa shape index (κ3) is 5.93. The number of nitrogens with zero attached hydrogens (tertiary/aromatic N) is 3. The summed E-state index contributed by atoms with van der Waals surface area (Å²) in [5, 5.41) is 5.42. The summed E-state index contributed by atoms with van der Waals surface area (Å²) in [6, 6.07) is 13.5. The molecule has 156 valence electrons. The smallest absolute Gasteiger partial charge is 0.326 e. The molecule has 0 aliphatic carbocycles. The monoisotopic (exact) mass is 423 g/mol. The van der Waals surface area contributed by atoms with E-state index in [1.807, 2.05) is 36.6 Å². The van der Waals surface area contributed by atoms with Crippen LogP contribution >= 0.6 is 11.8 Å². The molecule has 1 heterocycles. The molecule has 30 heavy (non-hydrogen) atoms. The number of aromatic nitrogens is 3. The molecule has 7 nitrogen and oxygen atoms in total. The maximum absolute atomic E-state index is 12.3. The van der Waals surface area contributed by atoms with Crippen LogP contribution in [0.4, 0.5) is 16.4 Å². The van der Waals surface area contributed by atoms with Gasteiger partial charge in [0.05, 0.1) is 0 Å². The zero-order chi connectivity index (χ0) is 21.6. The van der Waals surface area contributed by atoms with Gasteiger partial charge in [0.25, 0.3) is 0 Å². The van der Waals surface area contributed by atoms with E-state index in [9.17, 15) is 4.79 Å². The lowest BCUT2D eigenvalue weighted by atomic mass is 9.87. The van der Waals surface area contributed by atoms with Gasteiger partial charge in [-0.25, -0.2) is 19.7 Å². The van der Waals surface area contributed by atoms with Crippen LogP contribution in [0.2, 0.25) is 0 Å². The molecule has 1 aromatic heterocycles. The number of carbonyl (C=O) groups excluding carboxylic acids is 1. The highest BCUT2D eigenvalue weighted by molar-refractivity contribution is 7.98. The van der Waals surface area contributed by atoms with Gasteiger partial charge in [0.15, 0.2) is 0 Å². The summed E-state index contributed by atoms with van der Waals surface area (Å²) in [5.41, 5.74) is 2.86. The van der Waals surface area contributed by atoms with Gasteiger partial charge in [0.2, 0.25) is 5.95 Å². The van der Waals surface area contributed by atoms with Crippen molar-refractivity contribution in [2.75, 3.05) is 16.9 Å². The summed E-state index contributed by atoms with van der Waals surface area (Å²) >= 11 is 1.63. The minimum Gasteiger partial charge on any atom is -0.489 e. The molecule has 0 radical (unpaired) electrons. The average Bonchev–Trinajstić information content (AvgIpc) is 2.73. The normalized spacial score (nSPS) is 11.1. The quantitative estimate of drug-likeness (QED) is 0.535. The van der Waals surface area contributed by atoms with E-state index in [2.05, 4.69) is 58.5 Å². The van der Waals surface area contributed by atoms with E-state index in [4.69, 9.17) is 4.74 Å². The number of thioether (sulfide) groups is 1. The Hall–Kier alpha value is -3.13. The van der Waals surface area contributed by atoms with Crippen molar-refractivity contribution in [2.24, 2.45) is 0 Å². The molecule has 0 spiro atoms. The molecule has 2 amide bonds. The van der Waals surface area contributed by atoms with Gasteiger partial charge in [-0.3, -0.25) is 5.32 Å². The fourth-order valence-electron chi connectivity index (χ4n) is 2.71. The van der Waals surface area contributed by atoms with Crippen molar-refractivity contribution in [3.8, 4) is 5.75 Å². The number of anilines is 2. The summed E-state index contributed by atoms with van der Waals surface area (Å²) in [5.74, 6) is 0.957. The van der Waals surface area contributed by atoms with Crippen molar-refractivity contribution in [2.45, 2.75) is 37.7 Å². The lowest BCUT2D eigenvalue weighted by Crippen LogP contribution is -2.22. The summed E-state index contributed by atoms with van der Waals surface area (Å²) in [7, 11) is 0. The number of carbonyl (C=O) groups is 1. The van der Waals surface area contributed by atoms with Crippen molar-refractivity contribution >= 4 is 29.4 Å². The number of ether oxygens (including phenoxy) is 1. The van der Waals surface area contributed by atoms with Crippen LogP contribution in [0, 0.1) is 0 Å². The highest BCUT2D eigenvalue weighted by Gasteiger charge is 2.14. The molecule has 3 rings (SSSR count). The zero-order valence-corrected chi connectivity index (χ0v) is 18.3. The van der Waals surface area contributed by atoms with Gasteiger partial charge in [-0.15, -0.1) is 11.8 Å². The molecule has 3 aromatic rings. The highest BCUT2D eigenvalue weighted by Crippen LogP contribution is 2.27. The molecular formula is C22H25N5O2S. The fourth-order valence-corrected chi connectivity index (χ4v) is 3.17. The molecule has 0 fully saturated rings. The first-order valence-electron chi connectivity index (χ1n) is 9.45.